The molecule has 0 aromatic carbocycles. The topological polar surface area (TPSA) is 35.5 Å². The van der Waals surface area contributed by atoms with E-state index in [4.69, 9.17) is 5.11 Å². The Bertz CT molecular complexity index is 240. The van der Waals surface area contributed by atoms with Crippen LogP contribution in [0.2, 0.25) is 0 Å². The first-order valence-electron chi connectivity index (χ1n) is 6.50. The van der Waals surface area contributed by atoms with Crippen molar-refractivity contribution in [3.8, 4) is 0 Å². The van der Waals surface area contributed by atoms with E-state index >= 15 is 0 Å². The van der Waals surface area contributed by atoms with Crippen LogP contribution < -0.4 is 5.32 Å². The minimum atomic E-state index is -4.53. The van der Waals surface area contributed by atoms with Gasteiger partial charge in [0.15, 0.2) is 6.10 Å². The molecule has 0 saturated carbocycles. The van der Waals surface area contributed by atoms with Crippen molar-refractivity contribution in [2.24, 2.45) is 5.92 Å². The molecule has 0 aromatic rings. The normalized spacial score (nSPS) is 20.7. The van der Waals surface area contributed by atoms with Crippen LogP contribution in [0.15, 0.2) is 0 Å². The van der Waals surface area contributed by atoms with E-state index in [1.165, 1.54) is 0 Å². The average Bonchev–Trinajstić information content (AvgIpc) is 2.28. The van der Waals surface area contributed by atoms with Gasteiger partial charge in [-0.05, 0) is 45.7 Å². The largest absolute Gasteiger partial charge is 0.415 e. The molecule has 18 heavy (non-hydrogen) atoms. The quantitative estimate of drug-likeness (QED) is 0.795. The molecule has 1 saturated heterocycles. The highest BCUT2D eigenvalue weighted by Gasteiger charge is 2.39. The zero-order valence-corrected chi connectivity index (χ0v) is 11.0. The molecule has 1 unspecified atom stereocenters. The van der Waals surface area contributed by atoms with E-state index in [-0.39, 0.29) is 12.6 Å². The monoisotopic (exact) mass is 268 g/mol. The van der Waals surface area contributed by atoms with Gasteiger partial charge in [0.2, 0.25) is 0 Å². The second-order valence-corrected chi connectivity index (χ2v) is 5.30. The van der Waals surface area contributed by atoms with Crippen molar-refractivity contribution in [2.45, 2.75) is 45.0 Å². The molecule has 0 bridgehead atoms. The molecule has 2 N–H and O–H groups in total. The standard InChI is InChI=1S/C12H23F3N2O/c1-9(2)17(8-11(18)12(13,14)15)7-10-3-5-16-6-4-10/h9-11,16,18H,3-8H2,1-2H3. The SMILES string of the molecule is CC(C)N(CC1CCNCC1)CC(O)C(F)(F)F. The van der Waals surface area contributed by atoms with Crippen LogP contribution in [0, 0.1) is 5.92 Å². The van der Waals surface area contributed by atoms with Crippen molar-refractivity contribution in [1.82, 2.24) is 10.2 Å². The molecule has 0 amide bonds. The van der Waals surface area contributed by atoms with Crippen LogP contribution in [0.4, 0.5) is 13.2 Å². The van der Waals surface area contributed by atoms with Crippen LogP contribution >= 0.6 is 0 Å². The minimum Gasteiger partial charge on any atom is -0.382 e. The maximum atomic E-state index is 12.4. The Balaban J connectivity index is 2.49. The van der Waals surface area contributed by atoms with Crippen molar-refractivity contribution in [1.29, 1.82) is 0 Å². The number of rotatable bonds is 5. The Labute approximate surface area is 106 Å². The van der Waals surface area contributed by atoms with Crippen LogP contribution in [-0.4, -0.2) is 54.5 Å². The fourth-order valence-corrected chi connectivity index (χ4v) is 2.22. The van der Waals surface area contributed by atoms with Gasteiger partial charge in [0.05, 0.1) is 0 Å². The summed E-state index contributed by atoms with van der Waals surface area (Å²) in [5, 5.41) is 12.4. The van der Waals surface area contributed by atoms with Gasteiger partial charge >= 0.3 is 6.18 Å². The smallest absolute Gasteiger partial charge is 0.382 e. The van der Waals surface area contributed by atoms with Crippen molar-refractivity contribution >= 4 is 0 Å². The number of aliphatic hydroxyl groups is 1. The summed E-state index contributed by atoms with van der Waals surface area (Å²) in [6.07, 6.45) is -4.79. The summed E-state index contributed by atoms with van der Waals surface area (Å²) in [4.78, 5) is 1.73. The van der Waals surface area contributed by atoms with Crippen molar-refractivity contribution < 1.29 is 18.3 Å². The van der Waals surface area contributed by atoms with Gasteiger partial charge in [-0.25, -0.2) is 0 Å². The second kappa shape index (κ2) is 6.73. The Morgan fingerprint density at radius 1 is 1.28 bits per heavy atom. The summed E-state index contributed by atoms with van der Waals surface area (Å²) in [6, 6.07) is 0.0110. The van der Waals surface area contributed by atoms with Gasteiger partial charge in [0.1, 0.15) is 0 Å². The van der Waals surface area contributed by atoms with Gasteiger partial charge in [-0.15, -0.1) is 0 Å². The van der Waals surface area contributed by atoms with E-state index in [0.29, 0.717) is 12.5 Å². The highest BCUT2D eigenvalue weighted by molar-refractivity contribution is 4.78. The van der Waals surface area contributed by atoms with Crippen LogP contribution in [-0.2, 0) is 0 Å². The summed E-state index contributed by atoms with van der Waals surface area (Å²) in [5.41, 5.74) is 0. The number of nitrogens with one attached hydrogen (secondary N) is 1. The number of piperidine rings is 1. The molecular formula is C12H23F3N2O. The fourth-order valence-electron chi connectivity index (χ4n) is 2.22. The average molecular weight is 268 g/mol. The number of hydrogen-bond acceptors (Lipinski definition) is 3. The molecule has 1 heterocycles. The van der Waals surface area contributed by atoms with Gasteiger partial charge in [-0.2, -0.15) is 13.2 Å². The summed E-state index contributed by atoms with van der Waals surface area (Å²) in [7, 11) is 0. The Kier molecular flexibility index (Phi) is 5.88. The number of halogens is 3. The first kappa shape index (κ1) is 15.7. The minimum absolute atomic E-state index is 0.0110. The van der Waals surface area contributed by atoms with E-state index in [2.05, 4.69) is 5.32 Å². The molecule has 3 nitrogen and oxygen atoms in total. The predicted octanol–water partition coefficient (Wildman–Crippen LogP) is 1.62. The number of hydrogen-bond donors (Lipinski definition) is 2. The highest BCUT2D eigenvalue weighted by atomic mass is 19.4. The molecule has 1 aliphatic heterocycles. The predicted molar refractivity (Wildman–Crippen MR) is 64.4 cm³/mol. The van der Waals surface area contributed by atoms with Crippen LogP contribution in [0.1, 0.15) is 26.7 Å². The van der Waals surface area contributed by atoms with Gasteiger partial charge in [-0.3, -0.25) is 4.90 Å². The summed E-state index contributed by atoms with van der Waals surface area (Å²) >= 11 is 0. The molecule has 6 heteroatoms. The lowest BCUT2D eigenvalue weighted by molar-refractivity contribution is -0.209. The first-order valence-corrected chi connectivity index (χ1v) is 6.50. The zero-order chi connectivity index (χ0) is 13.8. The molecule has 0 aromatic heterocycles. The third kappa shape index (κ3) is 5.12. The third-order valence-electron chi connectivity index (χ3n) is 3.47. The number of alkyl halides is 3. The number of nitrogens with zero attached hydrogens (tertiary/aromatic N) is 1. The van der Waals surface area contributed by atoms with E-state index in [9.17, 15) is 13.2 Å². The summed E-state index contributed by atoms with van der Waals surface area (Å²) in [5.74, 6) is 0.425. The van der Waals surface area contributed by atoms with E-state index in [0.717, 1.165) is 25.9 Å². The molecular weight excluding hydrogens is 245 g/mol. The van der Waals surface area contributed by atoms with Crippen LogP contribution in [0.5, 0.6) is 0 Å². The Hall–Kier alpha value is -0.330. The molecule has 0 radical (unpaired) electrons. The molecule has 1 atom stereocenters. The first-order chi connectivity index (χ1) is 8.30. The highest BCUT2D eigenvalue weighted by Crippen LogP contribution is 2.22. The Morgan fingerprint density at radius 3 is 2.28 bits per heavy atom. The fraction of sp³-hybridized carbons (Fsp3) is 1.00. The second-order valence-electron chi connectivity index (χ2n) is 5.30. The number of aliphatic hydroxyl groups excluding tert-OH is 1. The maximum absolute atomic E-state index is 12.4. The van der Waals surface area contributed by atoms with E-state index in [1.807, 2.05) is 13.8 Å². The van der Waals surface area contributed by atoms with Gasteiger partial charge < -0.3 is 10.4 Å². The van der Waals surface area contributed by atoms with Crippen molar-refractivity contribution in [2.75, 3.05) is 26.2 Å². The third-order valence-corrected chi connectivity index (χ3v) is 3.47. The summed E-state index contributed by atoms with van der Waals surface area (Å²) in [6.45, 7) is 5.89. The molecule has 108 valence electrons. The Morgan fingerprint density at radius 2 is 1.83 bits per heavy atom. The summed E-state index contributed by atoms with van der Waals surface area (Å²) < 4.78 is 37.1. The van der Waals surface area contributed by atoms with Gasteiger partial charge in [-0.1, -0.05) is 0 Å². The molecule has 0 spiro atoms. The molecule has 0 aliphatic carbocycles. The van der Waals surface area contributed by atoms with Gasteiger partial charge in [0.25, 0.3) is 0 Å². The lowest BCUT2D eigenvalue weighted by Gasteiger charge is -2.34. The van der Waals surface area contributed by atoms with E-state index in [1.54, 1.807) is 4.90 Å². The lowest BCUT2D eigenvalue weighted by Crippen LogP contribution is -2.46. The van der Waals surface area contributed by atoms with E-state index < -0.39 is 12.3 Å². The van der Waals surface area contributed by atoms with Crippen LogP contribution in [0.3, 0.4) is 0 Å². The lowest BCUT2D eigenvalue weighted by atomic mass is 9.97. The maximum Gasteiger partial charge on any atom is 0.415 e. The van der Waals surface area contributed by atoms with Crippen molar-refractivity contribution in [3.63, 3.8) is 0 Å². The molecule has 1 fully saturated rings. The van der Waals surface area contributed by atoms with Crippen molar-refractivity contribution in [3.05, 3.63) is 0 Å². The molecule has 1 aliphatic rings. The van der Waals surface area contributed by atoms with Crippen LogP contribution in [0.25, 0.3) is 0 Å². The zero-order valence-electron chi connectivity index (χ0n) is 11.0. The molecule has 1 rings (SSSR count). The van der Waals surface area contributed by atoms with Gasteiger partial charge in [0, 0.05) is 19.1 Å².